The molecule has 9 N–H and O–H groups in total. The number of nitrogens with two attached hydrogens (primary N) is 1. The first-order chi connectivity index (χ1) is 41.8. The summed E-state index contributed by atoms with van der Waals surface area (Å²) in [4.78, 5) is 131. The fourth-order valence-corrected chi connectivity index (χ4v) is 11.9. The molecule has 2 aromatic carbocycles. The molecule has 3 aromatic rings. The van der Waals surface area contributed by atoms with Crippen molar-refractivity contribution in [3.05, 3.63) is 82.3 Å². The van der Waals surface area contributed by atoms with Crippen LogP contribution in [-0.2, 0) is 60.8 Å². The van der Waals surface area contributed by atoms with Gasteiger partial charge in [0.1, 0.15) is 35.8 Å². The summed E-state index contributed by atoms with van der Waals surface area (Å²) in [6.07, 6.45) is 2.12. The summed E-state index contributed by atoms with van der Waals surface area (Å²) in [5, 5.41) is 28.5. The number of amides is 10. The number of aromatic nitrogens is 1. The number of carbonyl (C=O) groups is 9. The van der Waals surface area contributed by atoms with Gasteiger partial charge in [0, 0.05) is 65.1 Å². The van der Waals surface area contributed by atoms with E-state index in [1.807, 2.05) is 70.3 Å². The average Bonchev–Trinajstić information content (AvgIpc) is 2.41. The van der Waals surface area contributed by atoms with E-state index < -0.39 is 114 Å². The number of aliphatic hydroxyl groups excluding tert-OH is 1. The van der Waals surface area contributed by atoms with E-state index in [1.54, 1.807) is 82.1 Å². The predicted octanol–water partition coefficient (Wildman–Crippen LogP) is 5.29. The maximum Gasteiger partial charge on any atom is 0.410 e. The van der Waals surface area contributed by atoms with Gasteiger partial charge in [-0.05, 0) is 79.0 Å². The smallest absolute Gasteiger partial charge is 0.410 e. The van der Waals surface area contributed by atoms with Crippen LogP contribution in [0.2, 0.25) is 0 Å². The zero-order chi connectivity index (χ0) is 65.4. The molecule has 4 rings (SSSR count). The van der Waals surface area contributed by atoms with E-state index >= 15 is 0 Å². The van der Waals surface area contributed by atoms with Crippen molar-refractivity contribution in [3.8, 4) is 0 Å². The molecule has 1 saturated heterocycles. The normalized spacial score (nSPS) is 16.6. The largest absolute Gasteiger partial charge is 0.445 e. The highest BCUT2D eigenvalue weighted by Crippen LogP contribution is 2.31. The minimum Gasteiger partial charge on any atom is -0.445 e. The summed E-state index contributed by atoms with van der Waals surface area (Å²) in [6, 6.07) is 9.94. The number of aliphatic hydroxyl groups is 1. The fourth-order valence-electron chi connectivity index (χ4n) is 11.2. The molecule has 24 nitrogen and oxygen atoms in total. The molecule has 11 atom stereocenters. The molecule has 0 spiro atoms. The van der Waals surface area contributed by atoms with Gasteiger partial charge in [-0.2, -0.15) is 0 Å². The van der Waals surface area contributed by atoms with Crippen molar-refractivity contribution in [2.24, 2.45) is 35.3 Å². The SMILES string of the molecule is CC[C@H](C)[C@@H]([C@@H](CC(=O)N1CCC[C@H]1[C@H](OC)[C@@H](C)C(=O)N[C@@H](Cc1ccccc1)c1nccs1)OC)N(C)C(=O)[C@@H](NC(=O)[C@H](C(C)C)N(C)C(=O)OCc1ccc(NC(=O)C(CCCNC(N)=O)NC(=O)[C@@H](NC(=O)CCO)C(C)C)cc1)C(C)C. The van der Waals surface area contributed by atoms with Gasteiger partial charge in [-0.3, -0.25) is 38.5 Å². The number of methoxy groups -OCH3 is 2. The lowest BCUT2D eigenvalue weighted by atomic mass is 9.89. The predicted molar refractivity (Wildman–Crippen MR) is 335 cm³/mol. The van der Waals surface area contributed by atoms with Gasteiger partial charge in [0.2, 0.25) is 41.4 Å². The standard InChI is InChI=1S/C63H97N11O13S/c1-14-40(8)54(48(85-12)35-50(77)74-31-19-23-47(74)55(86-13)41(9)56(78)69-46(60-65-30-33-88-60)34-42-20-16-15-17-21-42)72(10)61(82)52(38(4)5)71-59(81)53(39(6)7)73(11)63(84)87-36-43-24-26-44(27-25-43)67-57(79)45(22-18-29-66-62(64)83)68-58(80)51(37(2)3)70-49(76)28-32-75/h15-17,20-21,24-27,30,33,37-41,45-48,51-55,75H,14,18-19,22-23,28-29,31-32,34-36H2,1-13H3,(H,67,79)(H,68,80)(H,69,78)(H,70,76)(H,71,81)(H3,64,66,83)/t40-,41+,45?,46-,47-,48+,51-,52-,53-,54-,55+/m0/s1. The minimum absolute atomic E-state index is 0.0695. The van der Waals surface area contributed by atoms with Crippen molar-refractivity contribution in [2.75, 3.05) is 53.3 Å². The molecule has 25 heteroatoms. The molecule has 1 unspecified atom stereocenters. The second kappa shape index (κ2) is 36.3. The van der Waals surface area contributed by atoms with Gasteiger partial charge in [0.05, 0.1) is 49.3 Å². The van der Waals surface area contributed by atoms with Gasteiger partial charge in [-0.25, -0.2) is 14.6 Å². The molecule has 2 heterocycles. The summed E-state index contributed by atoms with van der Waals surface area (Å²) in [7, 11) is 6.17. The number of primary amides is 1. The molecule has 0 saturated carbocycles. The van der Waals surface area contributed by atoms with E-state index in [-0.39, 0.29) is 68.5 Å². The van der Waals surface area contributed by atoms with Gasteiger partial charge in [-0.1, -0.05) is 111 Å². The molecule has 1 aliphatic heterocycles. The van der Waals surface area contributed by atoms with Crippen molar-refractivity contribution in [1.82, 2.24) is 46.3 Å². The zero-order valence-electron chi connectivity index (χ0n) is 53.5. The van der Waals surface area contributed by atoms with Gasteiger partial charge in [-0.15, -0.1) is 11.3 Å². The zero-order valence-corrected chi connectivity index (χ0v) is 54.4. The Kier molecular flexibility index (Phi) is 30.2. The van der Waals surface area contributed by atoms with Gasteiger partial charge < -0.3 is 66.8 Å². The lowest BCUT2D eigenvalue weighted by molar-refractivity contribution is -0.148. The Hall–Kier alpha value is -7.22. The minimum atomic E-state index is -1.09. The Morgan fingerprint density at radius 2 is 1.45 bits per heavy atom. The average molecular weight is 1250 g/mol. The Morgan fingerprint density at radius 3 is 2.02 bits per heavy atom. The van der Waals surface area contributed by atoms with E-state index in [4.69, 9.17) is 19.9 Å². The molecule has 88 heavy (non-hydrogen) atoms. The number of nitrogens with zero attached hydrogens (tertiary/aromatic N) is 4. The van der Waals surface area contributed by atoms with Crippen molar-refractivity contribution >= 4 is 70.5 Å². The Bertz CT molecular complexity index is 2720. The van der Waals surface area contributed by atoms with E-state index in [2.05, 4.69) is 36.9 Å². The topological polar surface area (TPSA) is 322 Å². The maximum atomic E-state index is 14.8. The highest BCUT2D eigenvalue weighted by atomic mass is 32.1. The first-order valence-electron chi connectivity index (χ1n) is 30.5. The van der Waals surface area contributed by atoms with Crippen LogP contribution >= 0.6 is 11.3 Å². The number of thiazole rings is 1. The van der Waals surface area contributed by atoms with Crippen molar-refractivity contribution < 1.29 is 62.5 Å². The maximum absolute atomic E-state index is 14.8. The van der Waals surface area contributed by atoms with Crippen LogP contribution in [0.1, 0.15) is 129 Å². The molecule has 488 valence electrons. The van der Waals surface area contributed by atoms with Crippen molar-refractivity contribution in [3.63, 3.8) is 0 Å². The number of carbonyl (C=O) groups excluding carboxylic acids is 9. The van der Waals surface area contributed by atoms with Crippen LogP contribution in [0.15, 0.2) is 66.2 Å². The fraction of sp³-hybridized carbons (Fsp3) is 0.619. The lowest BCUT2D eigenvalue weighted by Crippen LogP contribution is -2.60. The van der Waals surface area contributed by atoms with Crippen LogP contribution in [0, 0.1) is 29.6 Å². The van der Waals surface area contributed by atoms with Crippen LogP contribution in [-0.4, -0.2) is 175 Å². The molecule has 0 aliphatic carbocycles. The third kappa shape index (κ3) is 21.5. The number of hydrogen-bond donors (Lipinski definition) is 8. The number of urea groups is 1. The Balaban J connectivity index is 1.42. The number of ether oxygens (including phenoxy) is 3. The summed E-state index contributed by atoms with van der Waals surface area (Å²) >= 11 is 1.47. The number of hydrogen-bond acceptors (Lipinski definition) is 15. The van der Waals surface area contributed by atoms with Crippen LogP contribution in [0.3, 0.4) is 0 Å². The van der Waals surface area contributed by atoms with Crippen LogP contribution in [0.4, 0.5) is 15.3 Å². The number of likely N-dealkylation sites (tertiary alicyclic amines) is 1. The van der Waals surface area contributed by atoms with Crippen LogP contribution in [0.5, 0.6) is 0 Å². The molecular weight excluding hydrogens is 1150 g/mol. The summed E-state index contributed by atoms with van der Waals surface area (Å²) in [5.74, 6) is -5.14. The van der Waals surface area contributed by atoms with Gasteiger partial charge in [0.15, 0.2) is 0 Å². The summed E-state index contributed by atoms with van der Waals surface area (Å²) < 4.78 is 17.9. The third-order valence-electron chi connectivity index (χ3n) is 16.2. The molecular formula is C63H97N11O13S. The second-order valence-corrected chi connectivity index (χ2v) is 24.7. The monoisotopic (exact) mass is 1250 g/mol. The number of benzene rings is 2. The van der Waals surface area contributed by atoms with Crippen LogP contribution in [0.25, 0.3) is 0 Å². The van der Waals surface area contributed by atoms with Gasteiger partial charge >= 0.3 is 12.1 Å². The van der Waals surface area contributed by atoms with Crippen molar-refractivity contribution in [1.29, 1.82) is 0 Å². The highest BCUT2D eigenvalue weighted by molar-refractivity contribution is 7.09. The highest BCUT2D eigenvalue weighted by Gasteiger charge is 2.44. The Morgan fingerprint density at radius 1 is 0.784 bits per heavy atom. The molecule has 0 radical (unpaired) electrons. The first-order valence-corrected chi connectivity index (χ1v) is 31.4. The molecule has 10 amide bonds. The Labute approximate surface area is 522 Å². The van der Waals surface area contributed by atoms with E-state index in [1.165, 1.54) is 30.4 Å². The quantitative estimate of drug-likeness (QED) is 0.0347. The lowest BCUT2D eigenvalue weighted by Gasteiger charge is -2.41. The van der Waals surface area contributed by atoms with Crippen LogP contribution < -0.4 is 37.6 Å². The molecule has 1 fully saturated rings. The summed E-state index contributed by atoms with van der Waals surface area (Å²) in [5.41, 5.74) is 7.13. The van der Waals surface area contributed by atoms with Crippen molar-refractivity contribution in [2.45, 2.75) is 175 Å². The first kappa shape index (κ1) is 73.3. The number of rotatable bonds is 35. The van der Waals surface area contributed by atoms with E-state index in [0.717, 1.165) is 10.6 Å². The number of anilines is 1. The molecule has 1 aliphatic rings. The van der Waals surface area contributed by atoms with Gasteiger partial charge in [0.25, 0.3) is 0 Å². The van der Waals surface area contributed by atoms with E-state index in [9.17, 15) is 48.3 Å². The molecule has 0 bridgehead atoms. The molecule has 1 aromatic heterocycles. The summed E-state index contributed by atoms with van der Waals surface area (Å²) in [6.45, 7) is 16.4. The third-order valence-corrected chi connectivity index (χ3v) is 17.1. The number of nitrogens with one attached hydrogen (secondary N) is 6. The second-order valence-electron chi connectivity index (χ2n) is 23.7. The van der Waals surface area contributed by atoms with E-state index in [0.29, 0.717) is 43.5 Å². The number of likely N-dealkylation sites (N-methyl/N-ethyl adjacent to an activating group) is 2.